The van der Waals surface area contributed by atoms with E-state index in [2.05, 4.69) is 4.74 Å². The number of fused-ring (bicyclic) bond motifs is 2. The van der Waals surface area contributed by atoms with Crippen LogP contribution in [0.3, 0.4) is 0 Å². The minimum atomic E-state index is -0.245. The van der Waals surface area contributed by atoms with Gasteiger partial charge < -0.3 is 4.74 Å². The number of methoxy groups -OCH3 is 1. The third kappa shape index (κ3) is 2.84. The minimum Gasteiger partial charge on any atom is -0.469 e. The molecule has 0 N–H and O–H groups in total. The van der Waals surface area contributed by atoms with E-state index in [9.17, 15) is 4.79 Å². The molecule has 0 spiro atoms. The molecule has 0 radical (unpaired) electrons. The molecule has 0 amide bonds. The van der Waals surface area contributed by atoms with Gasteiger partial charge >= 0.3 is 5.97 Å². The van der Waals surface area contributed by atoms with E-state index in [4.69, 9.17) is 0 Å². The zero-order chi connectivity index (χ0) is 8.97. The van der Waals surface area contributed by atoms with Crippen LogP contribution in [0.2, 0.25) is 0 Å². The number of carbonyl (C=O) groups is 1. The molecule has 2 nitrogen and oxygen atoms in total. The number of ether oxygens (including phenoxy) is 1. The van der Waals surface area contributed by atoms with Crippen molar-refractivity contribution in [3.05, 3.63) is 0 Å². The second kappa shape index (κ2) is 4.48. The number of esters is 1. The minimum absolute atomic E-state index is 0.245. The molecule has 2 rings (SSSR count). The molecular weight excluding hydrogens is 152 g/mol. The second-order valence-corrected chi connectivity index (χ2v) is 3.82. The van der Waals surface area contributed by atoms with E-state index in [1.807, 2.05) is 0 Å². The van der Waals surface area contributed by atoms with Crippen molar-refractivity contribution in [1.29, 1.82) is 0 Å². The van der Waals surface area contributed by atoms with Crippen molar-refractivity contribution < 1.29 is 9.53 Å². The molecule has 0 atom stereocenters. The van der Waals surface area contributed by atoms with Crippen molar-refractivity contribution in [3.63, 3.8) is 0 Å². The van der Waals surface area contributed by atoms with Crippen molar-refractivity contribution in [2.75, 3.05) is 7.11 Å². The van der Waals surface area contributed by atoms with Gasteiger partial charge in [0.1, 0.15) is 0 Å². The molecule has 2 aliphatic rings. The summed E-state index contributed by atoms with van der Waals surface area (Å²) >= 11 is 0. The summed E-state index contributed by atoms with van der Waals surface area (Å²) in [5.74, 6) is 2.10. The molecule has 2 aliphatic carbocycles. The van der Waals surface area contributed by atoms with Gasteiger partial charge in [0.05, 0.1) is 7.11 Å². The third-order valence-electron chi connectivity index (χ3n) is 2.92. The summed E-state index contributed by atoms with van der Waals surface area (Å²) < 4.78 is 4.11. The molecule has 12 heavy (non-hydrogen) atoms. The van der Waals surface area contributed by atoms with Crippen LogP contribution < -0.4 is 0 Å². The van der Waals surface area contributed by atoms with Gasteiger partial charge in [0.2, 0.25) is 0 Å². The number of hydrogen-bond donors (Lipinski definition) is 0. The summed E-state index contributed by atoms with van der Waals surface area (Å²) in [4.78, 5) is 9.59. The first-order valence-corrected chi connectivity index (χ1v) is 4.77. The largest absolute Gasteiger partial charge is 0.469 e. The normalized spacial score (nSPS) is 30.8. The van der Waals surface area contributed by atoms with Gasteiger partial charge in [0.25, 0.3) is 0 Å². The van der Waals surface area contributed by atoms with E-state index >= 15 is 0 Å². The molecule has 0 aromatic heterocycles. The van der Waals surface area contributed by atoms with Gasteiger partial charge in [-0.1, -0.05) is 25.7 Å². The number of carbonyl (C=O) groups excluding carboxylic acids is 1. The summed E-state index contributed by atoms with van der Waals surface area (Å²) in [6, 6.07) is 0. The average molecular weight is 170 g/mol. The predicted molar refractivity (Wildman–Crippen MR) is 47.8 cm³/mol. The lowest BCUT2D eigenvalue weighted by Crippen LogP contribution is -1.90. The molecule has 0 saturated heterocycles. The van der Waals surface area contributed by atoms with Gasteiger partial charge in [-0.05, 0) is 18.3 Å². The van der Waals surface area contributed by atoms with Gasteiger partial charge in [-0.3, -0.25) is 4.79 Å². The Bertz CT molecular complexity index is 136. The Morgan fingerprint density at radius 1 is 1.17 bits per heavy atom. The molecule has 0 aliphatic heterocycles. The smallest absolute Gasteiger partial charge is 0.302 e. The van der Waals surface area contributed by atoms with Crippen LogP contribution in [0.15, 0.2) is 0 Å². The molecule has 2 bridgehead atoms. The van der Waals surface area contributed by atoms with E-state index < -0.39 is 0 Å². The van der Waals surface area contributed by atoms with Crippen LogP contribution in [0.25, 0.3) is 0 Å². The lowest BCUT2D eigenvalue weighted by Gasteiger charge is -2.05. The molecule has 0 unspecified atom stereocenters. The van der Waals surface area contributed by atoms with Crippen molar-refractivity contribution in [3.8, 4) is 0 Å². The van der Waals surface area contributed by atoms with Gasteiger partial charge in [-0.25, -0.2) is 0 Å². The molecule has 70 valence electrons. The molecule has 0 aromatic rings. The maximum atomic E-state index is 9.59. The van der Waals surface area contributed by atoms with Gasteiger partial charge in [-0.15, -0.1) is 0 Å². The van der Waals surface area contributed by atoms with E-state index in [-0.39, 0.29) is 5.97 Å². The maximum Gasteiger partial charge on any atom is 0.302 e. The predicted octanol–water partition coefficient (Wildman–Crippen LogP) is 2.38. The number of rotatable bonds is 0. The summed E-state index contributed by atoms with van der Waals surface area (Å²) in [6.07, 6.45) is 7.82. The van der Waals surface area contributed by atoms with E-state index in [0.717, 1.165) is 0 Å². The summed E-state index contributed by atoms with van der Waals surface area (Å²) in [7, 11) is 1.35. The van der Waals surface area contributed by atoms with Crippen molar-refractivity contribution in [1.82, 2.24) is 0 Å². The highest BCUT2D eigenvalue weighted by atomic mass is 16.5. The Hall–Kier alpha value is -0.530. The molecule has 0 heterocycles. The second-order valence-electron chi connectivity index (χ2n) is 3.82. The van der Waals surface area contributed by atoms with Crippen LogP contribution in [0.1, 0.15) is 39.0 Å². The van der Waals surface area contributed by atoms with Crippen molar-refractivity contribution >= 4 is 5.97 Å². The van der Waals surface area contributed by atoms with Crippen LogP contribution in [0.4, 0.5) is 0 Å². The Kier molecular flexibility index (Phi) is 3.57. The van der Waals surface area contributed by atoms with Crippen LogP contribution in [-0.4, -0.2) is 13.1 Å². The average Bonchev–Trinajstić information content (AvgIpc) is 2.67. The fourth-order valence-corrected chi connectivity index (χ4v) is 2.17. The van der Waals surface area contributed by atoms with Crippen molar-refractivity contribution in [2.45, 2.75) is 39.0 Å². The zero-order valence-electron chi connectivity index (χ0n) is 8.01. The van der Waals surface area contributed by atoms with Gasteiger partial charge in [-0.2, -0.15) is 0 Å². The number of hydrogen-bond acceptors (Lipinski definition) is 2. The summed E-state index contributed by atoms with van der Waals surface area (Å²) in [5, 5.41) is 0. The molecule has 2 saturated carbocycles. The lowest BCUT2D eigenvalue weighted by atomic mass is 10.0. The highest BCUT2D eigenvalue weighted by molar-refractivity contribution is 5.65. The van der Waals surface area contributed by atoms with Crippen LogP contribution in [0, 0.1) is 11.8 Å². The Morgan fingerprint density at radius 2 is 1.50 bits per heavy atom. The highest BCUT2D eigenvalue weighted by Crippen LogP contribution is 2.43. The monoisotopic (exact) mass is 170 g/mol. The van der Waals surface area contributed by atoms with E-state index in [1.54, 1.807) is 32.1 Å². The molecule has 2 fully saturated rings. The Morgan fingerprint density at radius 3 is 1.58 bits per heavy atom. The standard InChI is InChI=1S/C7H12.C3H6O2/c1-2-7-4-3-6(1)5-7;1-3(4)5-2/h6-7H,1-5H2;1-2H3. The molecule has 2 heteroatoms. The molecule has 0 aromatic carbocycles. The molecular formula is C10H18O2. The highest BCUT2D eigenvalue weighted by Gasteiger charge is 2.30. The fourth-order valence-electron chi connectivity index (χ4n) is 2.17. The first-order valence-electron chi connectivity index (χ1n) is 4.77. The quantitative estimate of drug-likeness (QED) is 0.522. The van der Waals surface area contributed by atoms with Crippen LogP contribution in [-0.2, 0) is 9.53 Å². The van der Waals surface area contributed by atoms with Crippen molar-refractivity contribution in [2.24, 2.45) is 11.8 Å². The first kappa shape index (κ1) is 9.56. The summed E-state index contributed by atoms with van der Waals surface area (Å²) in [6.45, 7) is 1.36. The summed E-state index contributed by atoms with van der Waals surface area (Å²) in [5.41, 5.74) is 0. The SMILES string of the molecule is C1CC2CCC1C2.COC(C)=O. The van der Waals surface area contributed by atoms with E-state index in [1.165, 1.54) is 25.9 Å². The van der Waals surface area contributed by atoms with E-state index in [0.29, 0.717) is 0 Å². The first-order chi connectivity index (χ1) is 5.72. The Balaban J connectivity index is 0.000000130. The fraction of sp³-hybridized carbons (Fsp3) is 0.900. The van der Waals surface area contributed by atoms with Gasteiger partial charge in [0.15, 0.2) is 0 Å². The third-order valence-corrected chi connectivity index (χ3v) is 2.92. The van der Waals surface area contributed by atoms with Gasteiger partial charge in [0, 0.05) is 6.92 Å². The zero-order valence-corrected chi connectivity index (χ0v) is 8.01. The Labute approximate surface area is 74.3 Å². The lowest BCUT2D eigenvalue weighted by molar-refractivity contribution is -0.137. The van der Waals surface area contributed by atoms with Crippen LogP contribution >= 0.6 is 0 Å². The maximum absolute atomic E-state index is 9.59. The topological polar surface area (TPSA) is 26.3 Å². The van der Waals surface area contributed by atoms with Crippen LogP contribution in [0.5, 0.6) is 0 Å².